The Bertz CT molecular complexity index is 1190. The fourth-order valence-corrected chi connectivity index (χ4v) is 5.40. The topological polar surface area (TPSA) is 56.8 Å². The average molecular weight is 465 g/mol. The van der Waals surface area contributed by atoms with Gasteiger partial charge in [0, 0.05) is 37.4 Å². The van der Waals surface area contributed by atoms with Crippen molar-refractivity contribution in [2.24, 2.45) is 0 Å². The van der Waals surface area contributed by atoms with Gasteiger partial charge in [0.25, 0.3) is 5.91 Å². The van der Waals surface area contributed by atoms with Crippen LogP contribution in [0.1, 0.15) is 21.7 Å². The van der Waals surface area contributed by atoms with E-state index in [0.717, 1.165) is 42.1 Å². The highest BCUT2D eigenvalue weighted by molar-refractivity contribution is 7.17. The van der Waals surface area contributed by atoms with E-state index in [2.05, 4.69) is 9.88 Å². The Morgan fingerprint density at radius 1 is 1.03 bits per heavy atom. The van der Waals surface area contributed by atoms with Crippen molar-refractivity contribution in [2.45, 2.75) is 18.9 Å². The zero-order valence-corrected chi connectivity index (χ0v) is 19.2. The van der Waals surface area contributed by atoms with Gasteiger partial charge in [-0.2, -0.15) is 0 Å². The molecule has 5 rings (SSSR count). The molecule has 2 aromatic carbocycles. The summed E-state index contributed by atoms with van der Waals surface area (Å²) in [6, 6.07) is 13.6. The second kappa shape index (κ2) is 9.03. The Morgan fingerprint density at radius 2 is 1.76 bits per heavy atom. The summed E-state index contributed by atoms with van der Waals surface area (Å²) in [4.78, 5) is 37.7. The molecule has 1 unspecified atom stereocenters. The Morgan fingerprint density at radius 3 is 2.55 bits per heavy atom. The minimum Gasteiger partial charge on any atom is -0.338 e. The van der Waals surface area contributed by atoms with E-state index in [1.807, 2.05) is 36.2 Å². The predicted molar refractivity (Wildman–Crippen MR) is 127 cm³/mol. The van der Waals surface area contributed by atoms with Gasteiger partial charge in [-0.3, -0.25) is 14.5 Å². The third-order valence-electron chi connectivity index (χ3n) is 6.39. The smallest absolute Gasteiger partial charge is 0.270 e. The van der Waals surface area contributed by atoms with Crippen molar-refractivity contribution >= 4 is 28.8 Å². The Labute approximate surface area is 196 Å². The van der Waals surface area contributed by atoms with Crippen LogP contribution in [0.4, 0.5) is 10.1 Å². The molecule has 0 spiro atoms. The molecule has 170 valence electrons. The Hall–Kier alpha value is -3.10. The number of amides is 2. The van der Waals surface area contributed by atoms with Crippen molar-refractivity contribution < 1.29 is 14.0 Å². The van der Waals surface area contributed by atoms with E-state index in [-0.39, 0.29) is 17.6 Å². The molecule has 6 nitrogen and oxygen atoms in total. The molecule has 0 bridgehead atoms. The molecule has 2 aliphatic heterocycles. The summed E-state index contributed by atoms with van der Waals surface area (Å²) in [5.41, 5.74) is 2.18. The van der Waals surface area contributed by atoms with Crippen LogP contribution in [-0.4, -0.2) is 65.9 Å². The second-order valence-electron chi connectivity index (χ2n) is 8.50. The Balaban J connectivity index is 1.48. The molecule has 1 saturated heterocycles. The summed E-state index contributed by atoms with van der Waals surface area (Å²) in [5.74, 6) is -0.656. The lowest BCUT2D eigenvalue weighted by Crippen LogP contribution is -2.56. The van der Waals surface area contributed by atoms with Gasteiger partial charge >= 0.3 is 0 Å². The maximum absolute atomic E-state index is 14.3. The lowest BCUT2D eigenvalue weighted by Gasteiger charge is -2.40. The zero-order valence-electron chi connectivity index (χ0n) is 18.4. The predicted octanol–water partition coefficient (Wildman–Crippen LogP) is 3.68. The van der Waals surface area contributed by atoms with Crippen LogP contribution >= 0.6 is 11.3 Å². The number of carbonyl (C=O) groups is 2. The van der Waals surface area contributed by atoms with Crippen molar-refractivity contribution in [1.29, 1.82) is 0 Å². The standard InChI is InChI=1S/C25H25FN4O2S/c1-28-12-14-29(15-13-28)24(31)21-11-10-17-6-2-5-9-20(17)30(21)25(32)22-16-27-23(33-22)18-7-3-4-8-19(18)26/h2-9,16,21H,10-15H2,1H3. The van der Waals surface area contributed by atoms with E-state index < -0.39 is 6.04 Å². The maximum Gasteiger partial charge on any atom is 0.270 e. The molecule has 0 radical (unpaired) electrons. The number of hydrogen-bond donors (Lipinski definition) is 0. The second-order valence-corrected chi connectivity index (χ2v) is 9.53. The number of thiazole rings is 1. The largest absolute Gasteiger partial charge is 0.338 e. The number of fused-ring (bicyclic) bond motifs is 1. The number of benzene rings is 2. The van der Waals surface area contributed by atoms with Gasteiger partial charge in [0.15, 0.2) is 0 Å². The van der Waals surface area contributed by atoms with Crippen LogP contribution in [-0.2, 0) is 11.2 Å². The molecular formula is C25H25FN4O2S. The first-order valence-corrected chi connectivity index (χ1v) is 11.9. The highest BCUT2D eigenvalue weighted by Gasteiger charge is 2.39. The number of halogens is 1. The molecule has 0 saturated carbocycles. The number of hydrogen-bond acceptors (Lipinski definition) is 5. The molecule has 1 aromatic heterocycles. The summed E-state index contributed by atoms with van der Waals surface area (Å²) in [6.45, 7) is 2.97. The van der Waals surface area contributed by atoms with Gasteiger partial charge in [-0.15, -0.1) is 11.3 Å². The van der Waals surface area contributed by atoms with Crippen molar-refractivity contribution in [3.8, 4) is 10.6 Å². The molecular weight excluding hydrogens is 439 g/mol. The van der Waals surface area contributed by atoms with Gasteiger partial charge in [-0.25, -0.2) is 9.37 Å². The van der Waals surface area contributed by atoms with Gasteiger partial charge in [0.2, 0.25) is 5.91 Å². The highest BCUT2D eigenvalue weighted by Crippen LogP contribution is 2.35. The van der Waals surface area contributed by atoms with E-state index in [0.29, 0.717) is 35.0 Å². The van der Waals surface area contributed by atoms with E-state index >= 15 is 0 Å². The lowest BCUT2D eigenvalue weighted by molar-refractivity contribution is -0.134. The van der Waals surface area contributed by atoms with Gasteiger partial charge in [-0.05, 0) is 43.7 Å². The zero-order chi connectivity index (χ0) is 22.9. The molecule has 2 amide bonds. The minimum absolute atomic E-state index is 0.00945. The summed E-state index contributed by atoms with van der Waals surface area (Å²) in [5, 5.41) is 0.448. The van der Waals surface area contributed by atoms with E-state index in [1.165, 1.54) is 12.3 Å². The quantitative estimate of drug-likeness (QED) is 0.593. The number of anilines is 1. The fourth-order valence-electron chi connectivity index (χ4n) is 4.52. The number of piperazine rings is 1. The van der Waals surface area contributed by atoms with E-state index in [9.17, 15) is 14.0 Å². The van der Waals surface area contributed by atoms with Crippen LogP contribution in [0.25, 0.3) is 10.6 Å². The summed E-state index contributed by atoms with van der Waals surface area (Å²) in [6.07, 6.45) is 2.81. The summed E-state index contributed by atoms with van der Waals surface area (Å²) < 4.78 is 14.3. The first-order chi connectivity index (χ1) is 16.0. The van der Waals surface area contributed by atoms with Crippen LogP contribution in [0.5, 0.6) is 0 Å². The SMILES string of the molecule is CN1CCN(C(=O)C2CCc3ccccc3N2C(=O)c2cnc(-c3ccccc3F)s2)CC1. The van der Waals surface area contributed by atoms with E-state index in [4.69, 9.17) is 0 Å². The number of aromatic nitrogens is 1. The van der Waals surface area contributed by atoms with Crippen LogP contribution < -0.4 is 4.90 Å². The van der Waals surface area contributed by atoms with Crippen molar-refractivity contribution in [3.05, 3.63) is 71.0 Å². The molecule has 2 aliphatic rings. The fraction of sp³-hybridized carbons (Fsp3) is 0.320. The van der Waals surface area contributed by atoms with Gasteiger partial charge in [0.1, 0.15) is 21.7 Å². The maximum atomic E-state index is 14.3. The number of carbonyl (C=O) groups excluding carboxylic acids is 2. The molecule has 8 heteroatoms. The van der Waals surface area contributed by atoms with Gasteiger partial charge in [-0.1, -0.05) is 30.3 Å². The number of rotatable bonds is 3. The molecule has 3 heterocycles. The van der Waals surface area contributed by atoms with Crippen LogP contribution in [0.2, 0.25) is 0 Å². The molecule has 0 aliphatic carbocycles. The van der Waals surface area contributed by atoms with Gasteiger partial charge < -0.3 is 9.80 Å². The first kappa shape index (κ1) is 21.7. The lowest BCUT2D eigenvalue weighted by atomic mass is 9.94. The number of nitrogens with zero attached hydrogens (tertiary/aromatic N) is 4. The van der Waals surface area contributed by atoms with Crippen LogP contribution in [0, 0.1) is 5.82 Å². The van der Waals surface area contributed by atoms with Crippen molar-refractivity contribution in [1.82, 2.24) is 14.8 Å². The molecule has 0 N–H and O–H groups in total. The summed E-state index contributed by atoms with van der Waals surface area (Å²) in [7, 11) is 2.05. The Kier molecular flexibility index (Phi) is 5.95. The monoisotopic (exact) mass is 464 g/mol. The highest BCUT2D eigenvalue weighted by atomic mass is 32.1. The molecule has 3 aromatic rings. The normalized spacial score (nSPS) is 18.8. The van der Waals surface area contributed by atoms with Crippen LogP contribution in [0.15, 0.2) is 54.7 Å². The van der Waals surface area contributed by atoms with Crippen molar-refractivity contribution in [2.75, 3.05) is 38.1 Å². The molecule has 1 fully saturated rings. The molecule has 33 heavy (non-hydrogen) atoms. The molecule has 1 atom stereocenters. The first-order valence-electron chi connectivity index (χ1n) is 11.1. The van der Waals surface area contributed by atoms with Crippen molar-refractivity contribution in [3.63, 3.8) is 0 Å². The third kappa shape index (κ3) is 4.16. The number of aryl methyl sites for hydroxylation is 1. The minimum atomic E-state index is -0.560. The average Bonchev–Trinajstić information content (AvgIpc) is 3.33. The van der Waals surface area contributed by atoms with E-state index in [1.54, 1.807) is 23.1 Å². The number of para-hydroxylation sites is 1. The van der Waals surface area contributed by atoms with Gasteiger partial charge in [0.05, 0.1) is 6.20 Å². The van der Waals surface area contributed by atoms with Crippen LogP contribution in [0.3, 0.4) is 0 Å². The third-order valence-corrected chi connectivity index (χ3v) is 7.41. The summed E-state index contributed by atoms with van der Waals surface area (Å²) >= 11 is 1.15. The number of likely N-dealkylation sites (N-methyl/N-ethyl adjacent to an activating group) is 1.